The SMILES string of the molecule is COC(=O)CC[C@H](Nc1nc(N)nc(SC)c1C#N)C(=O)Nc1cccc(C(F)(F)F)c1. The molecule has 32 heavy (non-hydrogen) atoms. The van der Waals surface area contributed by atoms with Crippen LogP contribution in [0.3, 0.4) is 0 Å². The minimum Gasteiger partial charge on any atom is -0.469 e. The molecular weight excluding hydrogens is 449 g/mol. The van der Waals surface area contributed by atoms with E-state index in [4.69, 9.17) is 5.73 Å². The third-order valence-electron chi connectivity index (χ3n) is 4.15. The van der Waals surface area contributed by atoms with Crippen LogP contribution in [0.2, 0.25) is 0 Å². The van der Waals surface area contributed by atoms with Crippen LogP contribution >= 0.6 is 11.8 Å². The molecule has 1 atom stereocenters. The molecule has 0 bridgehead atoms. The molecule has 1 heterocycles. The number of nitrogens with zero attached hydrogens (tertiary/aromatic N) is 3. The number of methoxy groups -OCH3 is 1. The molecule has 0 aliphatic carbocycles. The number of nitrogens with one attached hydrogen (secondary N) is 2. The number of esters is 1. The number of alkyl halides is 3. The van der Waals surface area contributed by atoms with Gasteiger partial charge in [0.25, 0.3) is 0 Å². The number of nitrogens with two attached hydrogens (primary N) is 1. The Kier molecular flexibility index (Phi) is 8.25. The zero-order valence-electron chi connectivity index (χ0n) is 17.0. The molecule has 0 radical (unpaired) electrons. The number of carbonyl (C=O) groups excluding carboxylic acids is 2. The van der Waals surface area contributed by atoms with Crippen molar-refractivity contribution in [3.05, 3.63) is 35.4 Å². The van der Waals surface area contributed by atoms with Gasteiger partial charge < -0.3 is 21.1 Å². The second kappa shape index (κ2) is 10.7. The number of nitrogen functional groups attached to an aromatic ring is 1. The molecule has 0 aliphatic heterocycles. The van der Waals surface area contributed by atoms with Crippen LogP contribution in [0.1, 0.15) is 24.0 Å². The Morgan fingerprint density at radius 3 is 2.66 bits per heavy atom. The molecule has 1 amide bonds. The van der Waals surface area contributed by atoms with Gasteiger partial charge in [0.05, 0.1) is 12.7 Å². The molecule has 0 unspecified atom stereocenters. The normalized spacial score (nSPS) is 11.9. The molecule has 4 N–H and O–H groups in total. The van der Waals surface area contributed by atoms with Crippen LogP contribution in [-0.2, 0) is 20.5 Å². The van der Waals surface area contributed by atoms with Crippen molar-refractivity contribution in [2.24, 2.45) is 0 Å². The molecule has 13 heteroatoms. The first kappa shape index (κ1) is 24.7. The third kappa shape index (κ3) is 6.48. The number of nitriles is 1. The van der Waals surface area contributed by atoms with Gasteiger partial charge in [-0.05, 0) is 30.9 Å². The number of anilines is 3. The zero-order valence-corrected chi connectivity index (χ0v) is 17.8. The van der Waals surface area contributed by atoms with Crippen LogP contribution in [-0.4, -0.2) is 41.3 Å². The molecule has 1 aromatic carbocycles. The predicted octanol–water partition coefficient (Wildman–Crippen LogP) is 3.04. The maximum absolute atomic E-state index is 13.0. The van der Waals surface area contributed by atoms with Crippen molar-refractivity contribution in [2.75, 3.05) is 29.7 Å². The summed E-state index contributed by atoms with van der Waals surface area (Å²) in [4.78, 5) is 32.3. The Hall–Kier alpha value is -3.53. The maximum atomic E-state index is 13.0. The van der Waals surface area contributed by atoms with Gasteiger partial charge in [0.2, 0.25) is 11.9 Å². The maximum Gasteiger partial charge on any atom is 0.416 e. The molecule has 2 aromatic rings. The third-order valence-corrected chi connectivity index (χ3v) is 4.83. The van der Waals surface area contributed by atoms with Crippen LogP contribution in [0.15, 0.2) is 29.3 Å². The molecule has 2 rings (SSSR count). The Balaban J connectivity index is 2.34. The number of amides is 1. The van der Waals surface area contributed by atoms with Gasteiger partial charge in [-0.2, -0.15) is 23.4 Å². The number of benzene rings is 1. The zero-order chi connectivity index (χ0) is 23.9. The fourth-order valence-corrected chi connectivity index (χ4v) is 3.14. The van der Waals surface area contributed by atoms with E-state index in [0.29, 0.717) is 0 Å². The van der Waals surface area contributed by atoms with E-state index in [-0.39, 0.29) is 40.9 Å². The second-order valence-corrected chi connectivity index (χ2v) is 7.10. The highest BCUT2D eigenvalue weighted by Crippen LogP contribution is 2.31. The smallest absolute Gasteiger partial charge is 0.416 e. The average Bonchev–Trinajstić information content (AvgIpc) is 2.75. The lowest BCUT2D eigenvalue weighted by Gasteiger charge is -2.20. The highest BCUT2D eigenvalue weighted by atomic mass is 32.2. The van der Waals surface area contributed by atoms with E-state index >= 15 is 0 Å². The van der Waals surface area contributed by atoms with E-state index in [1.807, 2.05) is 6.07 Å². The molecule has 0 fully saturated rings. The van der Waals surface area contributed by atoms with E-state index in [1.54, 1.807) is 6.26 Å². The molecular formula is C19H19F3N6O3S. The summed E-state index contributed by atoms with van der Waals surface area (Å²) in [6.45, 7) is 0. The standard InChI is InChI=1S/C19H19F3N6O3S/c1-31-14(29)7-6-13(26-15-12(9-23)17(32-2)28-18(24)27-15)16(30)25-11-5-3-4-10(8-11)19(20,21)22/h3-5,8,13H,6-7H2,1-2H3,(H,25,30)(H3,24,26,27,28)/t13-/m0/s1. The molecule has 0 spiro atoms. The Morgan fingerprint density at radius 1 is 1.34 bits per heavy atom. The van der Waals surface area contributed by atoms with Gasteiger partial charge in [0, 0.05) is 12.1 Å². The van der Waals surface area contributed by atoms with Crippen molar-refractivity contribution in [2.45, 2.75) is 30.1 Å². The second-order valence-electron chi connectivity index (χ2n) is 6.31. The first-order valence-corrected chi connectivity index (χ1v) is 10.2. The summed E-state index contributed by atoms with van der Waals surface area (Å²) in [6, 6.07) is 4.87. The van der Waals surface area contributed by atoms with Gasteiger partial charge in [0.1, 0.15) is 22.7 Å². The minimum absolute atomic E-state index is 0.0293. The summed E-state index contributed by atoms with van der Waals surface area (Å²) in [5, 5.41) is 14.9. The Bertz CT molecular complexity index is 1040. The minimum atomic E-state index is -4.59. The number of rotatable bonds is 8. The lowest BCUT2D eigenvalue weighted by Crippen LogP contribution is -2.36. The van der Waals surface area contributed by atoms with Crippen LogP contribution in [0.25, 0.3) is 0 Å². The van der Waals surface area contributed by atoms with Crippen LogP contribution in [0.5, 0.6) is 0 Å². The van der Waals surface area contributed by atoms with Crippen molar-refractivity contribution in [1.82, 2.24) is 9.97 Å². The van der Waals surface area contributed by atoms with Gasteiger partial charge >= 0.3 is 12.1 Å². The first-order valence-electron chi connectivity index (χ1n) is 9.02. The number of hydrogen-bond donors (Lipinski definition) is 3. The molecule has 170 valence electrons. The first-order chi connectivity index (χ1) is 15.1. The number of thioether (sulfide) groups is 1. The summed E-state index contributed by atoms with van der Waals surface area (Å²) < 4.78 is 43.5. The fourth-order valence-electron chi connectivity index (χ4n) is 2.61. The molecule has 1 aromatic heterocycles. The van der Waals surface area contributed by atoms with E-state index in [0.717, 1.165) is 30.0 Å². The summed E-state index contributed by atoms with van der Waals surface area (Å²) >= 11 is 1.14. The highest BCUT2D eigenvalue weighted by molar-refractivity contribution is 7.98. The van der Waals surface area contributed by atoms with Crippen molar-refractivity contribution < 1.29 is 27.5 Å². The predicted molar refractivity (Wildman–Crippen MR) is 112 cm³/mol. The van der Waals surface area contributed by atoms with Crippen LogP contribution in [0, 0.1) is 11.3 Å². The summed E-state index contributed by atoms with van der Waals surface area (Å²) in [7, 11) is 1.18. The summed E-state index contributed by atoms with van der Waals surface area (Å²) in [6.07, 6.45) is -3.19. The largest absolute Gasteiger partial charge is 0.469 e. The van der Waals surface area contributed by atoms with Gasteiger partial charge in [-0.15, -0.1) is 11.8 Å². The Morgan fingerprint density at radius 2 is 2.06 bits per heavy atom. The van der Waals surface area contributed by atoms with Gasteiger partial charge in [-0.3, -0.25) is 9.59 Å². The van der Waals surface area contributed by atoms with Crippen molar-refractivity contribution in [3.8, 4) is 6.07 Å². The Labute approximate surface area is 185 Å². The van der Waals surface area contributed by atoms with E-state index in [9.17, 15) is 28.0 Å². The average molecular weight is 468 g/mol. The number of hydrogen-bond acceptors (Lipinski definition) is 9. The molecule has 0 aliphatic rings. The lowest BCUT2D eigenvalue weighted by molar-refractivity contribution is -0.141. The number of halogens is 3. The van der Waals surface area contributed by atoms with E-state index in [1.165, 1.54) is 13.2 Å². The quantitative estimate of drug-likeness (QED) is 0.302. The fraction of sp³-hybridized carbons (Fsp3) is 0.316. The summed E-state index contributed by atoms with van der Waals surface area (Å²) in [5.41, 5.74) is 4.67. The van der Waals surface area contributed by atoms with Crippen LogP contribution in [0.4, 0.5) is 30.6 Å². The van der Waals surface area contributed by atoms with Crippen molar-refractivity contribution >= 4 is 41.1 Å². The number of carbonyl (C=O) groups is 2. The monoisotopic (exact) mass is 468 g/mol. The highest BCUT2D eigenvalue weighted by Gasteiger charge is 2.31. The topological polar surface area (TPSA) is 143 Å². The molecule has 9 nitrogen and oxygen atoms in total. The van der Waals surface area contributed by atoms with Crippen molar-refractivity contribution in [3.63, 3.8) is 0 Å². The number of aromatic nitrogens is 2. The molecule has 0 saturated carbocycles. The van der Waals surface area contributed by atoms with Crippen LogP contribution < -0.4 is 16.4 Å². The van der Waals surface area contributed by atoms with E-state index in [2.05, 4.69) is 25.3 Å². The van der Waals surface area contributed by atoms with E-state index < -0.39 is 29.7 Å². The van der Waals surface area contributed by atoms with Crippen molar-refractivity contribution in [1.29, 1.82) is 5.26 Å². The van der Waals surface area contributed by atoms with Gasteiger partial charge in [-0.25, -0.2) is 4.98 Å². The number of ether oxygens (including phenoxy) is 1. The van der Waals surface area contributed by atoms with Gasteiger partial charge in [-0.1, -0.05) is 6.07 Å². The lowest BCUT2D eigenvalue weighted by atomic mass is 10.1. The molecule has 0 saturated heterocycles. The van der Waals surface area contributed by atoms with Gasteiger partial charge in [0.15, 0.2) is 5.82 Å². The summed E-state index contributed by atoms with van der Waals surface area (Å²) in [5.74, 6) is -1.55.